The maximum absolute atomic E-state index is 12.5. The molecular weight excluding hydrogens is 1100 g/mol. The number of benzene rings is 3. The number of halogens is 1. The molecule has 0 radical (unpaired) electrons. The van der Waals surface area contributed by atoms with Gasteiger partial charge in [0.25, 0.3) is 0 Å². The Balaban J connectivity index is 0.000000191. The van der Waals surface area contributed by atoms with Crippen molar-refractivity contribution in [2.24, 2.45) is 0 Å². The normalized spacial score (nSPS) is 19.6. The number of Topliss-reactive ketones (excluding diaryl/α,β-unsaturated/α-hetero) is 2. The molecule has 3 aromatic carbocycles. The van der Waals surface area contributed by atoms with Crippen LogP contribution in [0.1, 0.15) is 95.4 Å². The molecule has 0 unspecified atom stereocenters. The third-order valence-electron chi connectivity index (χ3n) is 12.1. The molecule has 3 fully saturated rings. The van der Waals surface area contributed by atoms with Gasteiger partial charge < -0.3 is 39.4 Å². The molecule has 3 aromatic heterocycles. The van der Waals surface area contributed by atoms with E-state index in [4.69, 9.17) is 24.1 Å². The van der Waals surface area contributed by atoms with Crippen molar-refractivity contribution in [3.8, 4) is 11.5 Å². The number of rotatable bonds is 5. The molecule has 3 aliphatic heterocycles. The van der Waals surface area contributed by atoms with Gasteiger partial charge in [0.05, 0.1) is 56.3 Å². The second kappa shape index (κ2) is 27.6. The lowest BCUT2D eigenvalue weighted by Crippen LogP contribution is -2.43. The summed E-state index contributed by atoms with van der Waals surface area (Å²) in [6.07, 6.45) is 7.64. The zero-order valence-electron chi connectivity index (χ0n) is 47.0. The number of ether oxygens (including phenoxy) is 4. The monoisotopic (exact) mass is 1170 g/mol. The fourth-order valence-corrected chi connectivity index (χ4v) is 9.10. The average molecular weight is 1170 g/mol. The van der Waals surface area contributed by atoms with Crippen LogP contribution < -0.4 is 4.74 Å². The van der Waals surface area contributed by atoms with Crippen molar-refractivity contribution in [1.82, 2.24) is 29.7 Å². The van der Waals surface area contributed by atoms with Gasteiger partial charge in [0, 0.05) is 75.5 Å². The van der Waals surface area contributed by atoms with Gasteiger partial charge >= 0.3 is 24.2 Å². The number of aromatic hydroxyl groups is 1. The lowest BCUT2D eigenvalue weighted by Gasteiger charge is -2.27. The van der Waals surface area contributed by atoms with Crippen molar-refractivity contribution in [2.75, 3.05) is 19.6 Å². The van der Waals surface area contributed by atoms with Crippen molar-refractivity contribution in [1.29, 1.82) is 0 Å². The van der Waals surface area contributed by atoms with Crippen LogP contribution in [0.5, 0.6) is 11.5 Å². The zero-order chi connectivity index (χ0) is 59.3. The highest BCUT2D eigenvalue weighted by Crippen LogP contribution is 2.31. The molecule has 20 nitrogen and oxygen atoms in total. The van der Waals surface area contributed by atoms with Gasteiger partial charge in [-0.3, -0.25) is 39.2 Å². The van der Waals surface area contributed by atoms with Gasteiger partial charge in [0.15, 0.2) is 11.6 Å². The minimum absolute atomic E-state index is 0.00583. The Labute approximate surface area is 474 Å². The van der Waals surface area contributed by atoms with Crippen LogP contribution in [0, 0.1) is 0 Å². The number of carboxylic acid groups (broad SMARTS) is 1. The lowest BCUT2D eigenvalue weighted by atomic mass is 10.1. The van der Waals surface area contributed by atoms with Gasteiger partial charge in [-0.05, 0) is 97.5 Å². The fourth-order valence-electron chi connectivity index (χ4n) is 8.62. The number of β-amino-alcohol motifs (C(OH)–C–C–N with tert-alkyl or cyclic N) is 2. The number of amides is 3. The standard InChI is InChI=1S/C20H24N2O4.C11H19NO4.C10H17NO5.C9H6BrN.C9H7NO/c1-13(23)17-9-15(12-22(17)19(24)26-20(2,3)4)25-18-11-21-10-14-7-5-6-8-16(14)18;1-7(13)9-5-8(14)6-12(9)10(15)16-11(2,3)4;1-10(2,3)16-9(15)11-5-6(12)4-7(11)8(13)14;10-9-6-11-5-7-3-1-2-4-8(7)9;11-9-6-10-5-7-3-1-2-4-8(7)9/h5-8,10-11,15,17H,9,12H2,1-4H3;8-9,14H,5-6H2,1-4H3;6-7,12H,4-5H2,1-3H3,(H,13,14);1-6H;1-6,11H/t15-,17+;8-,9-;6-,7+;;/m101../s1. The summed E-state index contributed by atoms with van der Waals surface area (Å²) in [4.78, 5) is 86.0. The number of pyridine rings is 3. The third-order valence-corrected chi connectivity index (χ3v) is 12.8. The predicted octanol–water partition coefficient (Wildman–Crippen LogP) is 9.91. The summed E-state index contributed by atoms with van der Waals surface area (Å²) in [5.74, 6) is -0.424. The van der Waals surface area contributed by atoms with Crippen molar-refractivity contribution >= 4 is 84.1 Å². The van der Waals surface area contributed by atoms with Gasteiger partial charge in [-0.2, -0.15) is 0 Å². The summed E-state index contributed by atoms with van der Waals surface area (Å²) in [6, 6.07) is 21.5. The molecule has 0 saturated carbocycles. The maximum Gasteiger partial charge on any atom is 0.411 e. The van der Waals surface area contributed by atoms with Crippen LogP contribution in [0.2, 0.25) is 0 Å². The van der Waals surface area contributed by atoms with Crippen LogP contribution in [0.3, 0.4) is 0 Å². The van der Waals surface area contributed by atoms with Gasteiger partial charge in [-0.15, -0.1) is 0 Å². The summed E-state index contributed by atoms with van der Waals surface area (Å²) in [6.45, 7) is 19.2. The predicted molar refractivity (Wildman–Crippen MR) is 304 cm³/mol. The number of aliphatic hydroxyl groups is 2. The molecule has 0 aliphatic carbocycles. The van der Waals surface area contributed by atoms with E-state index in [0.717, 1.165) is 30.9 Å². The molecule has 3 amide bonds. The molecule has 0 spiro atoms. The number of aliphatic hydroxyl groups excluding tert-OH is 2. The Morgan fingerprint density at radius 2 is 0.887 bits per heavy atom. The number of ketones is 2. The molecule has 6 heterocycles. The topological polar surface area (TPSA) is 269 Å². The maximum atomic E-state index is 12.5. The van der Waals surface area contributed by atoms with Crippen molar-refractivity contribution in [2.45, 2.75) is 149 Å². The molecule has 80 heavy (non-hydrogen) atoms. The smallest absolute Gasteiger partial charge is 0.411 e. The molecule has 21 heteroatoms. The Bertz CT molecular complexity index is 2970. The largest absolute Gasteiger partial charge is 0.506 e. The molecule has 430 valence electrons. The first-order chi connectivity index (χ1) is 37.4. The summed E-state index contributed by atoms with van der Waals surface area (Å²) in [5, 5.41) is 43.1. The molecule has 6 atom stereocenters. The van der Waals surface area contributed by atoms with Crippen LogP contribution >= 0.6 is 15.9 Å². The van der Waals surface area contributed by atoms with E-state index in [-0.39, 0.29) is 42.9 Å². The van der Waals surface area contributed by atoms with Gasteiger partial charge in [0.2, 0.25) is 0 Å². The molecule has 3 saturated heterocycles. The first-order valence-corrected chi connectivity index (χ1v) is 26.8. The Kier molecular flexibility index (Phi) is 21.8. The van der Waals surface area contributed by atoms with Crippen molar-refractivity contribution in [3.05, 3.63) is 114 Å². The van der Waals surface area contributed by atoms with Crippen LogP contribution in [-0.4, -0.2) is 159 Å². The number of aromatic nitrogens is 3. The van der Waals surface area contributed by atoms with Gasteiger partial charge in [-0.25, -0.2) is 19.2 Å². The fraction of sp³-hybridized carbons (Fsp3) is 0.441. The summed E-state index contributed by atoms with van der Waals surface area (Å²) >= 11 is 3.43. The van der Waals surface area contributed by atoms with Gasteiger partial charge in [-0.1, -0.05) is 72.8 Å². The Hall–Kier alpha value is -7.49. The number of carbonyl (C=O) groups excluding carboxylic acids is 5. The molecule has 4 N–H and O–H groups in total. The highest BCUT2D eigenvalue weighted by atomic mass is 79.9. The zero-order valence-corrected chi connectivity index (χ0v) is 48.6. The van der Waals surface area contributed by atoms with Crippen LogP contribution in [0.4, 0.5) is 14.4 Å². The van der Waals surface area contributed by atoms with E-state index in [1.54, 1.807) is 80.9 Å². The van der Waals surface area contributed by atoms with E-state index in [2.05, 4.69) is 36.9 Å². The van der Waals surface area contributed by atoms with Crippen LogP contribution in [0.15, 0.2) is 114 Å². The quantitative estimate of drug-likeness (QED) is 0.117. The van der Waals surface area contributed by atoms with Crippen molar-refractivity contribution < 1.29 is 68.1 Å². The van der Waals surface area contributed by atoms with E-state index in [1.807, 2.05) is 79.1 Å². The third kappa shape index (κ3) is 18.8. The van der Waals surface area contributed by atoms with E-state index in [0.29, 0.717) is 25.1 Å². The molecule has 6 aromatic rings. The van der Waals surface area contributed by atoms with E-state index in [1.165, 1.54) is 40.6 Å². The highest BCUT2D eigenvalue weighted by molar-refractivity contribution is 9.10. The number of hydrogen-bond acceptors (Lipinski definition) is 16. The summed E-state index contributed by atoms with van der Waals surface area (Å²) in [5.41, 5.74) is -1.88. The molecule has 0 bridgehead atoms. The number of fused-ring (bicyclic) bond motifs is 3. The number of carboxylic acids is 1. The first kappa shape index (κ1) is 63.3. The van der Waals surface area contributed by atoms with Gasteiger partial charge in [0.1, 0.15) is 40.4 Å². The number of likely N-dealkylation sites (tertiary alicyclic amines) is 3. The summed E-state index contributed by atoms with van der Waals surface area (Å²) in [7, 11) is 0. The number of carbonyl (C=O) groups is 6. The molecule has 9 rings (SSSR count). The second-order valence-corrected chi connectivity index (χ2v) is 23.2. The first-order valence-electron chi connectivity index (χ1n) is 26.0. The van der Waals surface area contributed by atoms with E-state index < -0.39 is 71.4 Å². The average Bonchev–Trinajstić information content (AvgIpc) is 4.12. The number of aliphatic carboxylic acids is 1. The lowest BCUT2D eigenvalue weighted by molar-refractivity contribution is -0.142. The Morgan fingerprint density at radius 1 is 0.512 bits per heavy atom. The highest BCUT2D eigenvalue weighted by Gasteiger charge is 2.43. The van der Waals surface area contributed by atoms with Crippen molar-refractivity contribution in [3.63, 3.8) is 0 Å². The number of nitrogens with zero attached hydrogens (tertiary/aromatic N) is 6. The summed E-state index contributed by atoms with van der Waals surface area (Å²) < 4.78 is 22.8. The minimum atomic E-state index is -1.12. The minimum Gasteiger partial charge on any atom is -0.506 e. The van der Waals surface area contributed by atoms with E-state index >= 15 is 0 Å². The molecule has 3 aliphatic rings. The van der Waals surface area contributed by atoms with E-state index in [9.17, 15) is 44.1 Å². The van der Waals surface area contributed by atoms with Crippen LogP contribution in [0.25, 0.3) is 32.3 Å². The van der Waals surface area contributed by atoms with Crippen LogP contribution in [-0.2, 0) is 28.6 Å². The Morgan fingerprint density at radius 3 is 1.34 bits per heavy atom. The number of hydrogen-bond donors (Lipinski definition) is 4. The SMILES string of the molecule is Brc1cncc2ccccc12.CC(=O)[C@@H]1C[C@@H](Oc2cncc3ccccc23)CN1C(=O)OC(C)(C)C.CC(=O)[C@@H]1C[C@H](O)CN1C(=O)OC(C)(C)C.CC(C)(C)OC(=O)N1C[C@H](O)C[C@H]1C(=O)O.Oc1cncc2ccccc12. The second-order valence-electron chi connectivity index (χ2n) is 22.3. The molecular formula is C59H73BrN6O14.